The van der Waals surface area contributed by atoms with Gasteiger partial charge in [-0.1, -0.05) is 20.3 Å². The van der Waals surface area contributed by atoms with E-state index < -0.39 is 17.6 Å². The summed E-state index contributed by atoms with van der Waals surface area (Å²) in [6.45, 7) is 7.69. The molecule has 0 aromatic carbocycles. The van der Waals surface area contributed by atoms with Crippen molar-refractivity contribution in [2.24, 2.45) is 5.92 Å². The normalized spacial score (nSPS) is 14.8. The van der Waals surface area contributed by atoms with Gasteiger partial charge in [-0.15, -0.1) is 0 Å². The molecule has 6 heteroatoms. The Morgan fingerprint density at radius 2 is 1.95 bits per heavy atom. The number of carbonyl (C=O) groups excluding carboxylic acids is 2. The third-order valence-electron chi connectivity index (χ3n) is 3.05. The van der Waals surface area contributed by atoms with Crippen LogP contribution < -0.4 is 5.32 Å². The van der Waals surface area contributed by atoms with Gasteiger partial charge in [0.2, 0.25) is 5.91 Å². The van der Waals surface area contributed by atoms with Gasteiger partial charge in [-0.2, -0.15) is 0 Å². The molecule has 2 atom stereocenters. The van der Waals surface area contributed by atoms with Gasteiger partial charge in [-0.05, 0) is 26.8 Å². The Bertz CT molecular complexity index is 326. The zero-order chi connectivity index (χ0) is 15.9. The molecule has 0 fully saturated rings. The minimum atomic E-state index is -0.868. The number of carbonyl (C=O) groups is 2. The molecular weight excluding hydrogens is 260 g/mol. The van der Waals surface area contributed by atoms with E-state index in [2.05, 4.69) is 5.32 Å². The van der Waals surface area contributed by atoms with Gasteiger partial charge in [0.05, 0.1) is 19.3 Å². The quantitative estimate of drug-likeness (QED) is 0.632. The molecule has 0 heterocycles. The Labute approximate surface area is 121 Å². The number of aliphatic hydroxyl groups is 1. The second-order valence-corrected chi connectivity index (χ2v) is 5.94. The van der Waals surface area contributed by atoms with Crippen LogP contribution >= 0.6 is 0 Å². The molecule has 0 saturated heterocycles. The largest absolute Gasteiger partial charge is 0.467 e. The average Bonchev–Trinajstić information content (AvgIpc) is 2.31. The highest BCUT2D eigenvalue weighted by atomic mass is 16.5. The Hall–Kier alpha value is -1.14. The lowest BCUT2D eigenvalue weighted by Crippen LogP contribution is -2.49. The second kappa shape index (κ2) is 8.21. The number of amides is 1. The summed E-state index contributed by atoms with van der Waals surface area (Å²) in [4.78, 5) is 25.3. The Balaban J connectivity index is 4.50. The van der Waals surface area contributed by atoms with E-state index in [1.165, 1.54) is 7.11 Å². The summed E-state index contributed by atoms with van der Waals surface area (Å²) >= 11 is 0. The van der Waals surface area contributed by atoms with Gasteiger partial charge in [0, 0.05) is 6.54 Å². The van der Waals surface area contributed by atoms with E-state index in [0.717, 1.165) is 6.42 Å². The van der Waals surface area contributed by atoms with E-state index in [1.54, 1.807) is 25.8 Å². The maximum absolute atomic E-state index is 11.9. The van der Waals surface area contributed by atoms with Gasteiger partial charge in [0.1, 0.15) is 6.04 Å². The predicted molar refractivity (Wildman–Crippen MR) is 77.2 cm³/mol. The minimum absolute atomic E-state index is 0.00555. The first-order valence-electron chi connectivity index (χ1n) is 6.88. The first-order chi connectivity index (χ1) is 9.10. The molecule has 118 valence electrons. The molecule has 0 aromatic heterocycles. The standard InChI is InChI=1S/C14H28N2O4/c1-7-10(2)12(13(18)20-6)15-11(17)8-16(5)9-14(3,4)19/h10,12,19H,7-9H2,1-6H3,(H,15,17). The van der Waals surface area contributed by atoms with Gasteiger partial charge < -0.3 is 15.2 Å². The fourth-order valence-electron chi connectivity index (χ4n) is 1.98. The van der Waals surface area contributed by atoms with Crippen LogP contribution in [0.3, 0.4) is 0 Å². The van der Waals surface area contributed by atoms with Crippen molar-refractivity contribution in [3.63, 3.8) is 0 Å². The first kappa shape index (κ1) is 18.9. The van der Waals surface area contributed by atoms with Crippen LogP contribution in [0.4, 0.5) is 0 Å². The summed E-state index contributed by atoms with van der Waals surface area (Å²) in [5.41, 5.74) is -0.868. The number of likely N-dealkylation sites (N-methyl/N-ethyl adjacent to an activating group) is 1. The highest BCUT2D eigenvalue weighted by Crippen LogP contribution is 2.09. The highest BCUT2D eigenvalue weighted by molar-refractivity contribution is 5.85. The minimum Gasteiger partial charge on any atom is -0.467 e. The van der Waals surface area contributed by atoms with Crippen molar-refractivity contribution in [1.29, 1.82) is 0 Å². The zero-order valence-electron chi connectivity index (χ0n) is 13.4. The van der Waals surface area contributed by atoms with Crippen LogP contribution in [0.25, 0.3) is 0 Å². The van der Waals surface area contributed by atoms with E-state index >= 15 is 0 Å². The van der Waals surface area contributed by atoms with Crippen LogP contribution in [0.2, 0.25) is 0 Å². The van der Waals surface area contributed by atoms with E-state index in [-0.39, 0.29) is 18.4 Å². The monoisotopic (exact) mass is 288 g/mol. The van der Waals surface area contributed by atoms with Gasteiger partial charge in [-0.25, -0.2) is 4.79 Å². The fourth-order valence-corrected chi connectivity index (χ4v) is 1.98. The van der Waals surface area contributed by atoms with Crippen LogP contribution in [0.1, 0.15) is 34.1 Å². The first-order valence-corrected chi connectivity index (χ1v) is 6.88. The number of nitrogens with one attached hydrogen (secondary N) is 1. The van der Waals surface area contributed by atoms with Crippen LogP contribution in [0.15, 0.2) is 0 Å². The lowest BCUT2D eigenvalue weighted by atomic mass is 9.99. The third-order valence-corrected chi connectivity index (χ3v) is 3.05. The number of esters is 1. The average molecular weight is 288 g/mol. The summed E-state index contributed by atoms with van der Waals surface area (Å²) in [6, 6.07) is -0.631. The van der Waals surface area contributed by atoms with Crippen LogP contribution in [0.5, 0.6) is 0 Å². The molecule has 6 nitrogen and oxygen atoms in total. The van der Waals surface area contributed by atoms with Crippen LogP contribution in [0, 0.1) is 5.92 Å². The number of rotatable bonds is 8. The van der Waals surface area contributed by atoms with Gasteiger partial charge >= 0.3 is 5.97 Å². The lowest BCUT2D eigenvalue weighted by molar-refractivity contribution is -0.146. The second-order valence-electron chi connectivity index (χ2n) is 5.94. The third kappa shape index (κ3) is 7.45. The fraction of sp³-hybridized carbons (Fsp3) is 0.857. The predicted octanol–water partition coefficient (Wildman–Crippen LogP) is 0.393. The van der Waals surface area contributed by atoms with Gasteiger partial charge in [0.15, 0.2) is 0 Å². The van der Waals surface area contributed by atoms with E-state index in [9.17, 15) is 14.7 Å². The smallest absolute Gasteiger partial charge is 0.328 e. The molecule has 0 radical (unpaired) electrons. The summed E-state index contributed by atoms with van der Waals surface area (Å²) in [5.74, 6) is -0.684. The number of hydrogen-bond acceptors (Lipinski definition) is 5. The van der Waals surface area contributed by atoms with Crippen molar-refractivity contribution in [3.05, 3.63) is 0 Å². The molecule has 0 rings (SSSR count). The molecule has 0 aromatic rings. The van der Waals surface area contributed by atoms with Crippen LogP contribution in [-0.4, -0.2) is 60.8 Å². The number of methoxy groups -OCH3 is 1. The summed E-state index contributed by atoms with van der Waals surface area (Å²) in [7, 11) is 3.05. The summed E-state index contributed by atoms with van der Waals surface area (Å²) in [6.07, 6.45) is 0.763. The maximum Gasteiger partial charge on any atom is 0.328 e. The molecule has 0 spiro atoms. The van der Waals surface area contributed by atoms with E-state index in [4.69, 9.17) is 4.74 Å². The molecule has 0 saturated carbocycles. The van der Waals surface area contributed by atoms with Crippen molar-refractivity contribution in [3.8, 4) is 0 Å². The van der Waals surface area contributed by atoms with Crippen molar-refractivity contribution in [2.75, 3.05) is 27.2 Å². The molecule has 0 bridgehead atoms. The Morgan fingerprint density at radius 3 is 2.35 bits per heavy atom. The van der Waals surface area contributed by atoms with Crippen LogP contribution in [-0.2, 0) is 14.3 Å². The molecule has 0 aliphatic rings. The van der Waals surface area contributed by atoms with Gasteiger partial charge in [0.25, 0.3) is 0 Å². The summed E-state index contributed by atoms with van der Waals surface area (Å²) < 4.78 is 4.71. The Kier molecular flexibility index (Phi) is 7.75. The number of ether oxygens (including phenoxy) is 1. The number of nitrogens with zero attached hydrogens (tertiary/aromatic N) is 1. The van der Waals surface area contributed by atoms with Crippen molar-refractivity contribution < 1.29 is 19.4 Å². The molecule has 0 aliphatic heterocycles. The SMILES string of the molecule is CCC(C)C(NC(=O)CN(C)CC(C)(C)O)C(=O)OC. The molecular formula is C14H28N2O4. The topological polar surface area (TPSA) is 78.9 Å². The highest BCUT2D eigenvalue weighted by Gasteiger charge is 2.27. The lowest BCUT2D eigenvalue weighted by Gasteiger charge is -2.26. The van der Waals surface area contributed by atoms with Crippen molar-refractivity contribution >= 4 is 11.9 Å². The molecule has 0 aliphatic carbocycles. The molecule has 20 heavy (non-hydrogen) atoms. The van der Waals surface area contributed by atoms with Gasteiger partial charge in [-0.3, -0.25) is 9.69 Å². The number of hydrogen-bond donors (Lipinski definition) is 2. The molecule has 2 unspecified atom stereocenters. The van der Waals surface area contributed by atoms with E-state index in [0.29, 0.717) is 6.54 Å². The molecule has 1 amide bonds. The Morgan fingerprint density at radius 1 is 1.40 bits per heavy atom. The molecule has 2 N–H and O–H groups in total. The summed E-state index contributed by atoms with van der Waals surface area (Å²) in [5, 5.41) is 12.4. The van der Waals surface area contributed by atoms with E-state index in [1.807, 2.05) is 13.8 Å². The van der Waals surface area contributed by atoms with Crippen molar-refractivity contribution in [2.45, 2.75) is 45.8 Å². The maximum atomic E-state index is 11.9. The van der Waals surface area contributed by atoms with Crippen molar-refractivity contribution in [1.82, 2.24) is 10.2 Å². The zero-order valence-corrected chi connectivity index (χ0v) is 13.4.